The van der Waals surface area contributed by atoms with Gasteiger partial charge in [-0.05, 0) is 19.8 Å². The van der Waals surface area contributed by atoms with Crippen molar-refractivity contribution in [1.29, 1.82) is 0 Å². The van der Waals surface area contributed by atoms with Crippen LogP contribution < -0.4 is 0 Å². The van der Waals surface area contributed by atoms with Crippen LogP contribution in [0.25, 0.3) is 0 Å². The Labute approximate surface area is 114 Å². The summed E-state index contributed by atoms with van der Waals surface area (Å²) >= 11 is 0. The van der Waals surface area contributed by atoms with Crippen molar-refractivity contribution in [2.24, 2.45) is 0 Å². The second-order valence-electron chi connectivity index (χ2n) is 5.42. The van der Waals surface area contributed by atoms with Crippen LogP contribution >= 0.6 is 0 Å². The molecular weight excluding hydrogens is 246 g/mol. The lowest BCUT2D eigenvalue weighted by molar-refractivity contribution is -0.146. The van der Waals surface area contributed by atoms with E-state index in [4.69, 9.17) is 9.47 Å². The van der Waals surface area contributed by atoms with Crippen LogP contribution in [0.3, 0.4) is 0 Å². The molecule has 1 saturated heterocycles. The molecule has 0 spiro atoms. The van der Waals surface area contributed by atoms with Crippen LogP contribution in [0.1, 0.15) is 39.0 Å². The molecule has 3 atom stereocenters. The summed E-state index contributed by atoms with van der Waals surface area (Å²) in [6, 6.07) is 0.416. The van der Waals surface area contributed by atoms with Gasteiger partial charge in [-0.2, -0.15) is 0 Å². The predicted octanol–water partition coefficient (Wildman–Crippen LogP) is 0.944. The average molecular weight is 271 g/mol. The molecule has 1 aliphatic heterocycles. The van der Waals surface area contributed by atoms with Gasteiger partial charge >= 0.3 is 5.97 Å². The number of aliphatic hydroxyl groups is 1. The van der Waals surface area contributed by atoms with Crippen molar-refractivity contribution in [3.8, 4) is 0 Å². The zero-order valence-electron chi connectivity index (χ0n) is 11.7. The molecule has 0 aromatic heterocycles. The average Bonchev–Trinajstić information content (AvgIpc) is 2.39. The highest BCUT2D eigenvalue weighted by molar-refractivity contribution is 5.69. The Hall–Kier alpha value is -0.650. The maximum absolute atomic E-state index is 11.4. The summed E-state index contributed by atoms with van der Waals surface area (Å²) in [7, 11) is 0. The van der Waals surface area contributed by atoms with Crippen molar-refractivity contribution >= 4 is 5.97 Å². The number of hydrogen-bond acceptors (Lipinski definition) is 5. The van der Waals surface area contributed by atoms with E-state index >= 15 is 0 Å². The molecule has 2 rings (SSSR count). The van der Waals surface area contributed by atoms with E-state index in [0.717, 1.165) is 26.0 Å². The fourth-order valence-corrected chi connectivity index (χ4v) is 3.15. The minimum Gasteiger partial charge on any atom is -0.466 e. The van der Waals surface area contributed by atoms with Crippen molar-refractivity contribution in [1.82, 2.24) is 4.90 Å². The molecule has 1 aliphatic carbocycles. The van der Waals surface area contributed by atoms with Gasteiger partial charge in [0, 0.05) is 19.1 Å². The number of esters is 1. The summed E-state index contributed by atoms with van der Waals surface area (Å²) in [6.45, 7) is 4.27. The van der Waals surface area contributed by atoms with E-state index in [0.29, 0.717) is 25.3 Å². The Bertz CT molecular complexity index is 295. The largest absolute Gasteiger partial charge is 0.466 e. The van der Waals surface area contributed by atoms with E-state index in [-0.39, 0.29) is 12.4 Å². The molecule has 0 radical (unpaired) electrons. The molecule has 5 heteroatoms. The first-order valence-electron chi connectivity index (χ1n) is 7.40. The van der Waals surface area contributed by atoms with E-state index in [1.165, 1.54) is 12.8 Å². The third-order valence-electron chi connectivity index (χ3n) is 4.00. The van der Waals surface area contributed by atoms with Crippen LogP contribution in [-0.4, -0.2) is 60.5 Å². The number of carbonyl (C=O) groups is 1. The molecule has 1 saturated carbocycles. The smallest absolute Gasteiger partial charge is 0.308 e. The number of β-amino-alcohol motifs (C(OH)–C–C–N with tert-alkyl or cyclic N) is 1. The number of morpholine rings is 1. The lowest BCUT2D eigenvalue weighted by Crippen LogP contribution is -2.54. The molecule has 19 heavy (non-hydrogen) atoms. The van der Waals surface area contributed by atoms with Gasteiger partial charge in [-0.3, -0.25) is 9.69 Å². The Kier molecular flexibility index (Phi) is 5.60. The van der Waals surface area contributed by atoms with Gasteiger partial charge in [0.1, 0.15) is 0 Å². The lowest BCUT2D eigenvalue weighted by atomic mass is 9.90. The van der Waals surface area contributed by atoms with E-state index in [1.807, 2.05) is 0 Å². The van der Waals surface area contributed by atoms with Crippen molar-refractivity contribution < 1.29 is 19.4 Å². The van der Waals surface area contributed by atoms with Gasteiger partial charge in [0.15, 0.2) is 0 Å². The number of aliphatic hydroxyl groups excluding tert-OH is 1. The molecule has 0 aromatic carbocycles. The SMILES string of the molecule is CCOC(=O)CC(O)CN1CCOC2CCCCC21. The molecule has 110 valence electrons. The molecule has 3 unspecified atom stereocenters. The predicted molar refractivity (Wildman–Crippen MR) is 70.8 cm³/mol. The fourth-order valence-electron chi connectivity index (χ4n) is 3.15. The van der Waals surface area contributed by atoms with Crippen molar-refractivity contribution in [2.45, 2.75) is 57.3 Å². The maximum Gasteiger partial charge on any atom is 0.308 e. The molecule has 0 aromatic rings. The summed E-state index contributed by atoms with van der Waals surface area (Å²) in [5, 5.41) is 10.0. The second-order valence-corrected chi connectivity index (χ2v) is 5.42. The zero-order valence-corrected chi connectivity index (χ0v) is 11.7. The van der Waals surface area contributed by atoms with Crippen molar-refractivity contribution in [3.63, 3.8) is 0 Å². The lowest BCUT2D eigenvalue weighted by Gasteiger charge is -2.44. The summed E-state index contributed by atoms with van der Waals surface area (Å²) in [4.78, 5) is 13.6. The van der Waals surface area contributed by atoms with Gasteiger partial charge < -0.3 is 14.6 Å². The number of rotatable bonds is 5. The minimum atomic E-state index is -0.639. The molecule has 1 heterocycles. The van der Waals surface area contributed by atoms with Crippen LogP contribution in [0.5, 0.6) is 0 Å². The van der Waals surface area contributed by atoms with Crippen molar-refractivity contribution in [2.75, 3.05) is 26.3 Å². The minimum absolute atomic E-state index is 0.0859. The highest BCUT2D eigenvalue weighted by Crippen LogP contribution is 2.28. The number of fused-ring (bicyclic) bond motifs is 1. The van der Waals surface area contributed by atoms with E-state index in [9.17, 15) is 9.90 Å². The number of carbonyl (C=O) groups excluding carboxylic acids is 1. The highest BCUT2D eigenvalue weighted by Gasteiger charge is 2.35. The highest BCUT2D eigenvalue weighted by atomic mass is 16.5. The van der Waals surface area contributed by atoms with Gasteiger partial charge in [0.25, 0.3) is 0 Å². The monoisotopic (exact) mass is 271 g/mol. The van der Waals surface area contributed by atoms with Gasteiger partial charge in [-0.1, -0.05) is 12.8 Å². The fraction of sp³-hybridized carbons (Fsp3) is 0.929. The summed E-state index contributed by atoms with van der Waals surface area (Å²) in [5.41, 5.74) is 0. The van der Waals surface area contributed by atoms with Gasteiger partial charge in [0.05, 0.1) is 31.8 Å². The quantitative estimate of drug-likeness (QED) is 0.754. The Morgan fingerprint density at radius 3 is 3.05 bits per heavy atom. The molecule has 0 bridgehead atoms. The first kappa shape index (κ1) is 14.8. The van der Waals surface area contributed by atoms with Crippen LogP contribution in [0.4, 0.5) is 0 Å². The standard InChI is InChI=1S/C14H25NO4/c1-2-18-14(17)9-11(16)10-15-7-8-19-13-6-4-3-5-12(13)15/h11-13,16H,2-10H2,1H3. The number of hydrogen-bond donors (Lipinski definition) is 1. The third-order valence-corrected chi connectivity index (χ3v) is 4.00. The van der Waals surface area contributed by atoms with Gasteiger partial charge in [0.2, 0.25) is 0 Å². The Morgan fingerprint density at radius 1 is 1.47 bits per heavy atom. The van der Waals surface area contributed by atoms with E-state index in [2.05, 4.69) is 4.90 Å². The Morgan fingerprint density at radius 2 is 2.26 bits per heavy atom. The topological polar surface area (TPSA) is 59.0 Å². The van der Waals surface area contributed by atoms with Crippen LogP contribution in [0, 0.1) is 0 Å². The Balaban J connectivity index is 1.81. The zero-order chi connectivity index (χ0) is 13.7. The maximum atomic E-state index is 11.4. The van der Waals surface area contributed by atoms with Crippen molar-refractivity contribution in [3.05, 3.63) is 0 Å². The molecule has 0 amide bonds. The van der Waals surface area contributed by atoms with Crippen LogP contribution in [0.2, 0.25) is 0 Å². The first-order valence-corrected chi connectivity index (χ1v) is 7.40. The molecule has 5 nitrogen and oxygen atoms in total. The molecule has 2 aliphatic rings. The van der Waals surface area contributed by atoms with E-state index in [1.54, 1.807) is 6.92 Å². The summed E-state index contributed by atoms with van der Waals surface area (Å²) in [5.74, 6) is -0.316. The summed E-state index contributed by atoms with van der Waals surface area (Å²) in [6.07, 6.45) is 4.49. The second kappa shape index (κ2) is 7.22. The van der Waals surface area contributed by atoms with E-state index < -0.39 is 6.10 Å². The van der Waals surface area contributed by atoms with Crippen LogP contribution in [-0.2, 0) is 14.3 Å². The van der Waals surface area contributed by atoms with Crippen LogP contribution in [0.15, 0.2) is 0 Å². The number of nitrogens with zero attached hydrogens (tertiary/aromatic N) is 1. The van der Waals surface area contributed by atoms with Gasteiger partial charge in [-0.15, -0.1) is 0 Å². The molecule has 2 fully saturated rings. The normalized spacial score (nSPS) is 29.6. The molecular formula is C14H25NO4. The number of ether oxygens (including phenoxy) is 2. The van der Waals surface area contributed by atoms with Gasteiger partial charge in [-0.25, -0.2) is 0 Å². The molecule has 1 N–H and O–H groups in total. The third kappa shape index (κ3) is 4.16. The first-order chi connectivity index (χ1) is 9.20. The summed E-state index contributed by atoms with van der Waals surface area (Å²) < 4.78 is 10.7.